The molecule has 3 nitrogen and oxygen atoms in total. The van der Waals surface area contributed by atoms with E-state index in [0.29, 0.717) is 11.5 Å². The SMILES string of the molecule is CC(CNCc1ccc(C(=O)O)cc1)Cc1ccccc1. The summed E-state index contributed by atoms with van der Waals surface area (Å²) in [6.07, 6.45) is 1.06. The number of hydrogen-bond acceptors (Lipinski definition) is 2. The number of rotatable bonds is 7. The summed E-state index contributed by atoms with van der Waals surface area (Å²) in [5.41, 5.74) is 2.79. The summed E-state index contributed by atoms with van der Waals surface area (Å²) >= 11 is 0. The van der Waals surface area contributed by atoms with Crippen LogP contribution >= 0.6 is 0 Å². The van der Waals surface area contributed by atoms with E-state index in [9.17, 15) is 4.79 Å². The van der Waals surface area contributed by atoms with Gasteiger partial charge in [-0.1, -0.05) is 49.4 Å². The van der Waals surface area contributed by atoms with E-state index in [1.165, 1.54) is 5.56 Å². The monoisotopic (exact) mass is 283 g/mol. The molecule has 0 aliphatic rings. The molecule has 0 heterocycles. The molecule has 0 saturated heterocycles. The molecule has 21 heavy (non-hydrogen) atoms. The summed E-state index contributed by atoms with van der Waals surface area (Å²) in [7, 11) is 0. The molecule has 2 N–H and O–H groups in total. The normalized spacial score (nSPS) is 12.0. The first-order valence-corrected chi connectivity index (χ1v) is 7.22. The van der Waals surface area contributed by atoms with Crippen molar-refractivity contribution in [1.82, 2.24) is 5.32 Å². The fraction of sp³-hybridized carbons (Fsp3) is 0.278. The molecular weight excluding hydrogens is 262 g/mol. The van der Waals surface area contributed by atoms with E-state index < -0.39 is 5.97 Å². The average Bonchev–Trinajstić information content (AvgIpc) is 2.49. The van der Waals surface area contributed by atoms with Gasteiger partial charge in [-0.15, -0.1) is 0 Å². The van der Waals surface area contributed by atoms with Gasteiger partial charge in [-0.05, 0) is 42.1 Å². The quantitative estimate of drug-likeness (QED) is 0.819. The molecule has 1 atom stereocenters. The molecule has 0 aliphatic heterocycles. The number of hydrogen-bond donors (Lipinski definition) is 2. The molecule has 0 amide bonds. The van der Waals surface area contributed by atoms with Crippen LogP contribution in [-0.2, 0) is 13.0 Å². The molecule has 3 heteroatoms. The molecule has 2 aromatic rings. The Balaban J connectivity index is 1.74. The van der Waals surface area contributed by atoms with Crippen molar-refractivity contribution in [2.75, 3.05) is 6.54 Å². The summed E-state index contributed by atoms with van der Waals surface area (Å²) < 4.78 is 0. The van der Waals surface area contributed by atoms with Crippen LogP contribution in [0.4, 0.5) is 0 Å². The van der Waals surface area contributed by atoms with E-state index in [1.807, 2.05) is 18.2 Å². The third-order valence-corrected chi connectivity index (χ3v) is 3.45. The highest BCUT2D eigenvalue weighted by atomic mass is 16.4. The second-order valence-electron chi connectivity index (χ2n) is 5.43. The first kappa shape index (κ1) is 15.3. The smallest absolute Gasteiger partial charge is 0.335 e. The van der Waals surface area contributed by atoms with Crippen molar-refractivity contribution in [1.29, 1.82) is 0 Å². The Bertz CT molecular complexity index is 564. The molecule has 0 radical (unpaired) electrons. The summed E-state index contributed by atoms with van der Waals surface area (Å²) in [5, 5.41) is 12.3. The lowest BCUT2D eigenvalue weighted by Gasteiger charge is -2.13. The summed E-state index contributed by atoms with van der Waals surface area (Å²) in [4.78, 5) is 10.8. The van der Waals surface area contributed by atoms with E-state index in [2.05, 4.69) is 36.5 Å². The van der Waals surface area contributed by atoms with Gasteiger partial charge in [-0.2, -0.15) is 0 Å². The standard InChI is InChI=1S/C18H21NO2/c1-14(11-15-5-3-2-4-6-15)12-19-13-16-7-9-17(10-8-16)18(20)21/h2-10,14,19H,11-13H2,1H3,(H,20,21). The van der Waals surface area contributed by atoms with Crippen LogP contribution in [0.5, 0.6) is 0 Å². The number of aromatic carboxylic acids is 1. The van der Waals surface area contributed by atoms with Crippen LogP contribution in [0.15, 0.2) is 54.6 Å². The second kappa shape index (κ2) is 7.60. The molecule has 0 saturated carbocycles. The van der Waals surface area contributed by atoms with Crippen LogP contribution in [0.1, 0.15) is 28.4 Å². The number of carboxylic acids is 1. The lowest BCUT2D eigenvalue weighted by Crippen LogP contribution is -2.22. The van der Waals surface area contributed by atoms with Gasteiger partial charge in [0.1, 0.15) is 0 Å². The lowest BCUT2D eigenvalue weighted by atomic mass is 10.0. The number of benzene rings is 2. The Kier molecular flexibility index (Phi) is 5.52. The summed E-state index contributed by atoms with van der Waals surface area (Å²) in [5.74, 6) is -0.323. The molecule has 0 fully saturated rings. The van der Waals surface area contributed by atoms with Crippen molar-refractivity contribution in [2.24, 2.45) is 5.92 Å². The van der Waals surface area contributed by atoms with Gasteiger partial charge in [0.05, 0.1) is 5.56 Å². The fourth-order valence-electron chi connectivity index (χ4n) is 2.32. The van der Waals surface area contributed by atoms with E-state index >= 15 is 0 Å². The minimum Gasteiger partial charge on any atom is -0.478 e. The molecular formula is C18H21NO2. The van der Waals surface area contributed by atoms with Crippen molar-refractivity contribution >= 4 is 5.97 Å². The number of carboxylic acid groups (broad SMARTS) is 1. The molecule has 2 aromatic carbocycles. The topological polar surface area (TPSA) is 49.3 Å². The zero-order chi connectivity index (χ0) is 15.1. The van der Waals surface area contributed by atoms with Gasteiger partial charge in [-0.25, -0.2) is 4.79 Å². The first-order valence-electron chi connectivity index (χ1n) is 7.22. The summed E-state index contributed by atoms with van der Waals surface area (Å²) in [6.45, 7) is 3.93. The maximum atomic E-state index is 10.8. The zero-order valence-electron chi connectivity index (χ0n) is 12.3. The third kappa shape index (κ3) is 5.04. The van der Waals surface area contributed by atoms with Crippen LogP contribution in [-0.4, -0.2) is 17.6 Å². The van der Waals surface area contributed by atoms with Gasteiger partial charge in [0, 0.05) is 6.54 Å². The van der Waals surface area contributed by atoms with Crippen LogP contribution < -0.4 is 5.32 Å². The van der Waals surface area contributed by atoms with Crippen molar-refractivity contribution in [2.45, 2.75) is 19.9 Å². The Hall–Kier alpha value is -2.13. The maximum absolute atomic E-state index is 10.8. The first-order chi connectivity index (χ1) is 10.1. The molecule has 110 valence electrons. The van der Waals surface area contributed by atoms with Crippen molar-refractivity contribution in [3.8, 4) is 0 Å². The van der Waals surface area contributed by atoms with Crippen LogP contribution in [0.25, 0.3) is 0 Å². The third-order valence-electron chi connectivity index (χ3n) is 3.45. The maximum Gasteiger partial charge on any atom is 0.335 e. The van der Waals surface area contributed by atoms with E-state index in [-0.39, 0.29) is 0 Å². The highest BCUT2D eigenvalue weighted by Gasteiger charge is 2.04. The average molecular weight is 283 g/mol. The van der Waals surface area contributed by atoms with E-state index in [4.69, 9.17) is 5.11 Å². The minimum absolute atomic E-state index is 0.330. The largest absolute Gasteiger partial charge is 0.478 e. The fourth-order valence-corrected chi connectivity index (χ4v) is 2.32. The van der Waals surface area contributed by atoms with Gasteiger partial charge in [0.2, 0.25) is 0 Å². The lowest BCUT2D eigenvalue weighted by molar-refractivity contribution is 0.0697. The Labute approximate surface area is 125 Å². The van der Waals surface area contributed by atoms with Crippen molar-refractivity contribution in [3.05, 3.63) is 71.3 Å². The Morgan fingerprint density at radius 3 is 2.33 bits per heavy atom. The molecule has 0 bridgehead atoms. The van der Waals surface area contributed by atoms with Gasteiger partial charge in [0.25, 0.3) is 0 Å². The predicted molar refractivity (Wildman–Crippen MR) is 84.4 cm³/mol. The van der Waals surface area contributed by atoms with Crippen molar-refractivity contribution in [3.63, 3.8) is 0 Å². The Morgan fingerprint density at radius 2 is 1.71 bits per heavy atom. The minimum atomic E-state index is -0.883. The second-order valence-corrected chi connectivity index (χ2v) is 5.43. The van der Waals surface area contributed by atoms with Crippen LogP contribution in [0.3, 0.4) is 0 Å². The highest BCUT2D eigenvalue weighted by Crippen LogP contribution is 2.08. The van der Waals surface area contributed by atoms with Crippen LogP contribution in [0, 0.1) is 5.92 Å². The van der Waals surface area contributed by atoms with Crippen LogP contribution in [0.2, 0.25) is 0 Å². The van der Waals surface area contributed by atoms with E-state index in [0.717, 1.165) is 25.1 Å². The number of carbonyl (C=O) groups is 1. The van der Waals surface area contributed by atoms with Crippen molar-refractivity contribution < 1.29 is 9.90 Å². The molecule has 0 aliphatic carbocycles. The highest BCUT2D eigenvalue weighted by molar-refractivity contribution is 5.87. The van der Waals surface area contributed by atoms with Gasteiger partial charge >= 0.3 is 5.97 Å². The zero-order valence-corrected chi connectivity index (χ0v) is 12.3. The Morgan fingerprint density at radius 1 is 1.05 bits per heavy atom. The molecule has 2 rings (SSSR count). The van der Waals surface area contributed by atoms with Gasteiger partial charge < -0.3 is 10.4 Å². The van der Waals surface area contributed by atoms with Gasteiger partial charge in [-0.3, -0.25) is 0 Å². The number of nitrogens with one attached hydrogen (secondary N) is 1. The predicted octanol–water partition coefficient (Wildman–Crippen LogP) is 3.35. The van der Waals surface area contributed by atoms with Gasteiger partial charge in [0.15, 0.2) is 0 Å². The van der Waals surface area contributed by atoms with E-state index in [1.54, 1.807) is 12.1 Å². The molecule has 1 unspecified atom stereocenters. The summed E-state index contributed by atoms with van der Waals surface area (Å²) in [6, 6.07) is 17.5. The molecule has 0 aromatic heterocycles. The molecule has 0 spiro atoms.